The number of imidazole rings is 1. The third-order valence-electron chi connectivity index (χ3n) is 7.75. The molecule has 6 rings (SSSR count). The summed E-state index contributed by atoms with van der Waals surface area (Å²) in [5.41, 5.74) is 6.74. The fraction of sp³-hybridized carbons (Fsp3) is 0.500. The molecule has 2 fully saturated rings. The molecule has 206 valence electrons. The van der Waals surface area contributed by atoms with Crippen LogP contribution in [0.15, 0.2) is 33.0 Å². The maximum Gasteiger partial charge on any atom is 0.245 e. The van der Waals surface area contributed by atoms with E-state index in [0.717, 1.165) is 61.1 Å². The van der Waals surface area contributed by atoms with Gasteiger partial charge in [-0.3, -0.25) is 9.59 Å². The molecule has 0 aliphatic carbocycles. The first-order valence-corrected chi connectivity index (χ1v) is 14.8. The molecule has 0 bridgehead atoms. The number of amides is 2. The predicted octanol–water partition coefficient (Wildman–Crippen LogP) is 3.64. The average Bonchev–Trinajstić information content (AvgIpc) is 3.68. The summed E-state index contributed by atoms with van der Waals surface area (Å²) < 4.78 is 13.8. The van der Waals surface area contributed by atoms with Gasteiger partial charge in [-0.05, 0) is 77.8 Å². The Bertz CT molecular complexity index is 1380. The van der Waals surface area contributed by atoms with Gasteiger partial charge in [0.25, 0.3) is 0 Å². The number of nitrogens with zero attached hydrogens (tertiary/aromatic N) is 6. The molecule has 2 amide bonds. The first-order valence-electron chi connectivity index (χ1n) is 13.2. The van der Waals surface area contributed by atoms with E-state index in [-0.39, 0.29) is 24.6 Å². The fourth-order valence-electron chi connectivity index (χ4n) is 5.59. The van der Waals surface area contributed by atoms with Crippen LogP contribution in [0.5, 0.6) is 11.5 Å². The zero-order valence-electron chi connectivity index (χ0n) is 21.6. The topological polar surface area (TPSA) is 129 Å². The van der Waals surface area contributed by atoms with E-state index in [4.69, 9.17) is 20.2 Å². The molecule has 5 aliphatic rings. The lowest BCUT2D eigenvalue weighted by molar-refractivity contribution is -0.143. The van der Waals surface area contributed by atoms with Crippen molar-refractivity contribution in [2.75, 3.05) is 32.2 Å². The second-order valence-corrected chi connectivity index (χ2v) is 12.0. The van der Waals surface area contributed by atoms with E-state index in [9.17, 15) is 9.59 Å². The molecular formula is C26H30BrN7O4S. The van der Waals surface area contributed by atoms with E-state index in [2.05, 4.69) is 25.9 Å². The lowest BCUT2D eigenvalue weighted by Crippen LogP contribution is -2.49. The van der Waals surface area contributed by atoms with Crippen LogP contribution in [0.3, 0.4) is 0 Å². The van der Waals surface area contributed by atoms with Gasteiger partial charge in [0.1, 0.15) is 6.04 Å². The molecule has 11 nitrogen and oxygen atoms in total. The van der Waals surface area contributed by atoms with E-state index in [0.29, 0.717) is 46.5 Å². The Morgan fingerprint density at radius 1 is 1.13 bits per heavy atom. The maximum absolute atomic E-state index is 13.1. The summed E-state index contributed by atoms with van der Waals surface area (Å²) in [6, 6.07) is 3.51. The number of likely N-dealkylation sites (tertiary alicyclic amines) is 2. The van der Waals surface area contributed by atoms with Gasteiger partial charge in [-0.15, -0.1) is 0 Å². The van der Waals surface area contributed by atoms with Gasteiger partial charge in [-0.25, -0.2) is 15.0 Å². The Labute approximate surface area is 238 Å². The first-order chi connectivity index (χ1) is 18.9. The van der Waals surface area contributed by atoms with E-state index in [1.54, 1.807) is 18.2 Å². The minimum absolute atomic E-state index is 0.0122. The van der Waals surface area contributed by atoms with Crippen LogP contribution in [0, 0.1) is 5.92 Å². The molecule has 1 aromatic rings. The highest BCUT2D eigenvalue weighted by molar-refractivity contribution is 9.10. The molecule has 1 unspecified atom stereocenters. The van der Waals surface area contributed by atoms with Crippen LogP contribution in [0.1, 0.15) is 39.0 Å². The van der Waals surface area contributed by atoms with Gasteiger partial charge >= 0.3 is 0 Å². The maximum atomic E-state index is 13.1. The highest BCUT2D eigenvalue weighted by Crippen LogP contribution is 2.43. The lowest BCUT2D eigenvalue weighted by Gasteiger charge is -2.35. The lowest BCUT2D eigenvalue weighted by atomic mass is 9.93. The summed E-state index contributed by atoms with van der Waals surface area (Å²) in [6.07, 6.45) is 6.22. The summed E-state index contributed by atoms with van der Waals surface area (Å²) in [6.45, 7) is 4.64. The molecule has 1 aromatic carbocycles. The third-order valence-corrected chi connectivity index (χ3v) is 9.59. The number of halogens is 1. The molecule has 5 aliphatic heterocycles. The number of benzene rings is 1. The molecular weight excluding hydrogens is 586 g/mol. The zero-order valence-corrected chi connectivity index (χ0v) is 24.0. The number of ether oxygens (including phenoxy) is 2. The van der Waals surface area contributed by atoms with E-state index >= 15 is 0 Å². The Morgan fingerprint density at radius 3 is 2.67 bits per heavy atom. The van der Waals surface area contributed by atoms with Gasteiger partial charge in [-0.1, -0.05) is 0 Å². The number of piperidine rings is 1. The molecule has 13 heteroatoms. The number of nitrogen functional groups attached to an aromatic ring is 1. The van der Waals surface area contributed by atoms with Gasteiger partial charge in [-0.2, -0.15) is 0 Å². The number of hydrogen-bond donors (Lipinski definition) is 1. The van der Waals surface area contributed by atoms with Crippen molar-refractivity contribution in [2.24, 2.45) is 5.92 Å². The van der Waals surface area contributed by atoms with Gasteiger partial charge in [0, 0.05) is 42.5 Å². The SMILES string of the molecule is CC(=O)N1CCCC1C(=O)N1CCC(CCn2cnc(N)c3nc(Sc4cc5c(cc4Br)OCO5)nc2-3)CC1. The van der Waals surface area contributed by atoms with Crippen molar-refractivity contribution in [1.29, 1.82) is 0 Å². The normalized spacial score (nSPS) is 19.3. The van der Waals surface area contributed by atoms with Gasteiger partial charge in [0.2, 0.25) is 18.6 Å². The van der Waals surface area contributed by atoms with Gasteiger partial charge in [0.05, 0.1) is 6.33 Å². The van der Waals surface area contributed by atoms with Crippen molar-refractivity contribution < 1.29 is 19.1 Å². The van der Waals surface area contributed by atoms with Crippen LogP contribution in [0.25, 0.3) is 11.5 Å². The monoisotopic (exact) mass is 615 g/mol. The first kappa shape index (κ1) is 26.2. The standard InChI is InChI=1S/C26H30BrN7O4S/c1-15(35)34-7-2-3-18(34)25(36)32-8-4-16(5-9-32)6-10-33-13-29-23(28)22-24(33)31-26(30-22)39-21-12-20-19(11-17(21)27)37-14-38-20/h11-13,16,18H,2-10,14,28H2,1H3. The average molecular weight is 617 g/mol. The van der Waals surface area contributed by atoms with Gasteiger partial charge < -0.3 is 29.6 Å². The Hall–Kier alpha value is -3.06. The second-order valence-electron chi connectivity index (χ2n) is 10.2. The minimum Gasteiger partial charge on any atom is -0.454 e. The molecule has 0 spiro atoms. The van der Waals surface area contributed by atoms with E-state index in [1.165, 1.54) is 11.8 Å². The van der Waals surface area contributed by atoms with Crippen LogP contribution in [0.4, 0.5) is 5.82 Å². The highest BCUT2D eigenvalue weighted by atomic mass is 79.9. The number of hydrogen-bond acceptors (Lipinski definition) is 9. The molecule has 0 aromatic heterocycles. The Balaban J connectivity index is 1.09. The van der Waals surface area contributed by atoms with E-state index < -0.39 is 0 Å². The number of aryl methyl sites for hydroxylation is 1. The fourth-order valence-corrected chi connectivity index (χ4v) is 6.95. The third kappa shape index (κ3) is 5.25. The van der Waals surface area contributed by atoms with Crippen LogP contribution < -0.4 is 15.2 Å². The molecule has 0 saturated carbocycles. The summed E-state index contributed by atoms with van der Waals surface area (Å²) in [4.78, 5) is 43.3. The summed E-state index contributed by atoms with van der Waals surface area (Å²) >= 11 is 5.02. The van der Waals surface area contributed by atoms with Crippen molar-refractivity contribution >= 4 is 45.3 Å². The van der Waals surface area contributed by atoms with Crippen molar-refractivity contribution in [1.82, 2.24) is 29.3 Å². The smallest absolute Gasteiger partial charge is 0.245 e. The quantitative estimate of drug-likeness (QED) is 0.442. The van der Waals surface area contributed by atoms with Gasteiger partial charge in [0.15, 0.2) is 34.0 Å². The van der Waals surface area contributed by atoms with Crippen molar-refractivity contribution in [2.45, 2.75) is 61.7 Å². The number of rotatable bonds is 6. The molecule has 5 heterocycles. The summed E-state index contributed by atoms with van der Waals surface area (Å²) in [5.74, 6) is 3.04. The number of nitrogens with two attached hydrogens (primary N) is 1. The molecule has 1 atom stereocenters. The molecule has 0 radical (unpaired) electrons. The largest absolute Gasteiger partial charge is 0.454 e. The van der Waals surface area contributed by atoms with Crippen LogP contribution in [-0.2, 0) is 16.1 Å². The minimum atomic E-state index is -0.287. The Morgan fingerprint density at radius 2 is 1.90 bits per heavy atom. The highest BCUT2D eigenvalue weighted by Gasteiger charge is 2.36. The molecule has 39 heavy (non-hydrogen) atoms. The molecule has 2 saturated heterocycles. The van der Waals surface area contributed by atoms with Crippen molar-refractivity contribution in [3.05, 3.63) is 22.9 Å². The predicted molar refractivity (Wildman–Crippen MR) is 148 cm³/mol. The number of carbonyl (C=O) groups excluding carboxylic acids is 2. The second kappa shape index (κ2) is 10.8. The van der Waals surface area contributed by atoms with Crippen LogP contribution in [-0.4, -0.2) is 73.6 Å². The van der Waals surface area contributed by atoms with E-state index in [1.807, 2.05) is 21.6 Å². The molecule has 2 N–H and O–H groups in total. The number of anilines is 1. The number of carbonyl (C=O) groups is 2. The summed E-state index contributed by atoms with van der Waals surface area (Å²) in [5, 5.41) is 0.580. The Kier molecular flexibility index (Phi) is 7.27. The van der Waals surface area contributed by atoms with Crippen molar-refractivity contribution in [3.8, 4) is 23.0 Å². The number of aromatic nitrogens is 4. The summed E-state index contributed by atoms with van der Waals surface area (Å²) in [7, 11) is 0. The van der Waals surface area contributed by atoms with Crippen LogP contribution >= 0.6 is 27.7 Å². The van der Waals surface area contributed by atoms with Crippen molar-refractivity contribution in [3.63, 3.8) is 0 Å². The number of fused-ring (bicyclic) bond motifs is 2. The zero-order chi connectivity index (χ0) is 27.1. The van der Waals surface area contributed by atoms with Crippen LogP contribution in [0.2, 0.25) is 0 Å².